The highest BCUT2D eigenvalue weighted by Crippen LogP contribution is 2.28. The van der Waals surface area contributed by atoms with Crippen LogP contribution in [0.2, 0.25) is 0 Å². The van der Waals surface area contributed by atoms with Gasteiger partial charge in [-0.25, -0.2) is 0 Å². The summed E-state index contributed by atoms with van der Waals surface area (Å²) >= 11 is 0. The lowest BCUT2D eigenvalue weighted by Crippen LogP contribution is -2.23. The molecular formula is C15H19NOS. The Morgan fingerprint density at radius 2 is 2.06 bits per heavy atom. The van der Waals surface area contributed by atoms with Crippen molar-refractivity contribution in [2.75, 3.05) is 0 Å². The van der Waals surface area contributed by atoms with Crippen LogP contribution in [0.1, 0.15) is 43.7 Å². The molecule has 2 rings (SSSR count). The average Bonchev–Trinajstić information content (AvgIpc) is 2.39. The van der Waals surface area contributed by atoms with E-state index >= 15 is 0 Å². The number of benzene rings is 1. The molecule has 1 aromatic carbocycles. The summed E-state index contributed by atoms with van der Waals surface area (Å²) in [6.45, 7) is 2.26. The van der Waals surface area contributed by atoms with Gasteiger partial charge in [0.15, 0.2) is 0 Å². The van der Waals surface area contributed by atoms with Gasteiger partial charge in [0.1, 0.15) is 0 Å². The maximum absolute atomic E-state index is 12.3. The second kappa shape index (κ2) is 6.15. The van der Waals surface area contributed by atoms with Crippen molar-refractivity contribution in [2.45, 2.75) is 43.6 Å². The molecule has 1 saturated carbocycles. The normalized spacial score (nSPS) is 25.3. The lowest BCUT2D eigenvalue weighted by Gasteiger charge is -2.26. The van der Waals surface area contributed by atoms with Crippen molar-refractivity contribution in [3.8, 4) is 6.07 Å². The molecule has 0 amide bonds. The smallest absolute Gasteiger partial charge is 0.0991 e. The van der Waals surface area contributed by atoms with Gasteiger partial charge >= 0.3 is 0 Å². The Bertz CT molecular complexity index is 460. The summed E-state index contributed by atoms with van der Waals surface area (Å²) in [7, 11) is -0.770. The van der Waals surface area contributed by atoms with Crippen LogP contribution in [-0.4, -0.2) is 9.46 Å². The number of rotatable bonds is 3. The zero-order valence-corrected chi connectivity index (χ0v) is 11.6. The zero-order chi connectivity index (χ0) is 13.0. The highest BCUT2D eigenvalue weighted by molar-refractivity contribution is 7.84. The van der Waals surface area contributed by atoms with E-state index in [0.29, 0.717) is 22.5 Å². The van der Waals surface area contributed by atoms with Crippen LogP contribution < -0.4 is 0 Å². The quantitative estimate of drug-likeness (QED) is 0.837. The van der Waals surface area contributed by atoms with Crippen LogP contribution in [0.15, 0.2) is 24.3 Å². The first-order valence-electron chi connectivity index (χ1n) is 6.55. The number of hydrogen-bond donors (Lipinski definition) is 0. The lowest BCUT2D eigenvalue weighted by atomic mass is 9.91. The van der Waals surface area contributed by atoms with Crippen LogP contribution in [-0.2, 0) is 16.6 Å². The van der Waals surface area contributed by atoms with Gasteiger partial charge in [-0.2, -0.15) is 5.26 Å². The molecule has 0 aliphatic heterocycles. The van der Waals surface area contributed by atoms with E-state index in [9.17, 15) is 4.21 Å². The molecule has 1 aromatic rings. The molecule has 18 heavy (non-hydrogen) atoms. The molecule has 0 spiro atoms. The summed E-state index contributed by atoms with van der Waals surface area (Å²) in [6, 6.07) is 9.54. The van der Waals surface area contributed by atoms with Gasteiger partial charge in [0.2, 0.25) is 0 Å². The van der Waals surface area contributed by atoms with Crippen LogP contribution in [0.5, 0.6) is 0 Å². The van der Waals surface area contributed by atoms with Gasteiger partial charge in [0, 0.05) is 21.8 Å². The van der Waals surface area contributed by atoms with E-state index < -0.39 is 10.8 Å². The van der Waals surface area contributed by atoms with E-state index in [1.54, 1.807) is 12.1 Å². The SMILES string of the molecule is CC1CCCC(S(=O)Cc2ccc(C#N)cc2)C1. The lowest BCUT2D eigenvalue weighted by molar-refractivity contribution is 0.389. The fourth-order valence-corrected chi connectivity index (χ4v) is 4.30. The number of hydrogen-bond acceptors (Lipinski definition) is 2. The Morgan fingerprint density at radius 3 is 2.67 bits per heavy atom. The second-order valence-corrected chi connectivity index (χ2v) is 6.94. The predicted octanol–water partition coefficient (Wildman–Crippen LogP) is 3.39. The van der Waals surface area contributed by atoms with Gasteiger partial charge in [-0.15, -0.1) is 0 Å². The Hall–Kier alpha value is -1.14. The Morgan fingerprint density at radius 1 is 1.33 bits per heavy atom. The van der Waals surface area contributed by atoms with Crippen LogP contribution in [0.3, 0.4) is 0 Å². The van der Waals surface area contributed by atoms with Gasteiger partial charge in [-0.05, 0) is 36.5 Å². The molecule has 0 radical (unpaired) electrons. The van der Waals surface area contributed by atoms with Crippen LogP contribution >= 0.6 is 0 Å². The largest absolute Gasteiger partial charge is 0.259 e. The minimum Gasteiger partial charge on any atom is -0.259 e. The Labute approximate surface area is 111 Å². The van der Waals surface area contributed by atoms with Crippen molar-refractivity contribution >= 4 is 10.8 Å². The summed E-state index contributed by atoms with van der Waals surface area (Å²) in [5.74, 6) is 1.34. The highest BCUT2D eigenvalue weighted by Gasteiger charge is 2.23. The molecule has 1 aliphatic carbocycles. The van der Waals surface area contributed by atoms with E-state index in [4.69, 9.17) is 5.26 Å². The minimum atomic E-state index is -0.770. The number of nitriles is 1. The summed E-state index contributed by atoms with van der Waals surface area (Å²) in [5.41, 5.74) is 1.74. The van der Waals surface area contributed by atoms with Crippen LogP contribution in [0.25, 0.3) is 0 Å². The molecule has 0 N–H and O–H groups in total. The first-order chi connectivity index (χ1) is 8.69. The third-order valence-corrected chi connectivity index (χ3v) is 5.44. The Balaban J connectivity index is 1.96. The average molecular weight is 261 g/mol. The predicted molar refractivity (Wildman–Crippen MR) is 74.4 cm³/mol. The summed E-state index contributed by atoms with van der Waals surface area (Å²) in [4.78, 5) is 0. The van der Waals surface area contributed by atoms with E-state index in [1.807, 2.05) is 12.1 Å². The van der Waals surface area contributed by atoms with Crippen molar-refractivity contribution in [2.24, 2.45) is 5.92 Å². The molecule has 1 fully saturated rings. The van der Waals surface area contributed by atoms with Crippen LogP contribution in [0.4, 0.5) is 0 Å². The van der Waals surface area contributed by atoms with Gasteiger partial charge in [0.25, 0.3) is 0 Å². The fourth-order valence-electron chi connectivity index (χ4n) is 2.57. The number of nitrogens with zero attached hydrogens (tertiary/aromatic N) is 1. The van der Waals surface area contributed by atoms with E-state index in [0.717, 1.165) is 18.4 Å². The molecule has 2 nitrogen and oxygen atoms in total. The minimum absolute atomic E-state index is 0.365. The fraction of sp³-hybridized carbons (Fsp3) is 0.533. The van der Waals surface area contributed by atoms with Crippen molar-refractivity contribution in [1.82, 2.24) is 0 Å². The van der Waals surface area contributed by atoms with Crippen molar-refractivity contribution in [1.29, 1.82) is 5.26 Å². The summed E-state index contributed by atoms with van der Waals surface area (Å²) in [5, 5.41) is 9.10. The molecule has 1 aliphatic rings. The summed E-state index contributed by atoms with van der Waals surface area (Å²) in [6.07, 6.45) is 4.70. The summed E-state index contributed by atoms with van der Waals surface area (Å²) < 4.78 is 12.3. The second-order valence-electron chi connectivity index (χ2n) is 5.23. The first kappa shape index (κ1) is 13.3. The topological polar surface area (TPSA) is 40.9 Å². The monoisotopic (exact) mass is 261 g/mol. The molecule has 0 aromatic heterocycles. The van der Waals surface area contributed by atoms with Crippen LogP contribution in [0, 0.1) is 17.2 Å². The molecule has 0 heterocycles. The highest BCUT2D eigenvalue weighted by atomic mass is 32.2. The molecule has 3 heteroatoms. The van der Waals surface area contributed by atoms with Gasteiger partial charge < -0.3 is 0 Å². The molecule has 0 bridgehead atoms. The zero-order valence-electron chi connectivity index (χ0n) is 10.8. The third kappa shape index (κ3) is 3.43. The van der Waals surface area contributed by atoms with Gasteiger partial charge in [-0.1, -0.05) is 31.9 Å². The molecule has 0 saturated heterocycles. The maximum Gasteiger partial charge on any atom is 0.0991 e. The third-order valence-electron chi connectivity index (χ3n) is 3.65. The van der Waals surface area contributed by atoms with E-state index in [2.05, 4.69) is 13.0 Å². The molecular weight excluding hydrogens is 242 g/mol. The molecule has 3 unspecified atom stereocenters. The van der Waals surface area contributed by atoms with E-state index in [1.165, 1.54) is 12.8 Å². The molecule has 96 valence electrons. The molecule has 3 atom stereocenters. The van der Waals surface area contributed by atoms with Crippen molar-refractivity contribution in [3.05, 3.63) is 35.4 Å². The van der Waals surface area contributed by atoms with Gasteiger partial charge in [-0.3, -0.25) is 4.21 Å². The van der Waals surface area contributed by atoms with Crippen molar-refractivity contribution < 1.29 is 4.21 Å². The van der Waals surface area contributed by atoms with E-state index in [-0.39, 0.29) is 0 Å². The first-order valence-corrected chi connectivity index (χ1v) is 7.93. The standard InChI is InChI=1S/C15H19NOS/c1-12-3-2-4-15(9-12)18(17)11-14-7-5-13(10-16)6-8-14/h5-8,12,15H,2-4,9,11H2,1H3. The Kier molecular flexibility index (Phi) is 4.54. The maximum atomic E-state index is 12.3. The van der Waals surface area contributed by atoms with Gasteiger partial charge in [0.05, 0.1) is 11.6 Å². The van der Waals surface area contributed by atoms with Crippen molar-refractivity contribution in [3.63, 3.8) is 0 Å².